The Bertz CT molecular complexity index is 587. The van der Waals surface area contributed by atoms with Crippen molar-refractivity contribution in [1.82, 2.24) is 0 Å². The molecule has 3 nitrogen and oxygen atoms in total. The molecule has 0 atom stereocenters. The minimum Gasteiger partial charge on any atom is -0.497 e. The summed E-state index contributed by atoms with van der Waals surface area (Å²) in [6.07, 6.45) is 1.08. The Morgan fingerprint density at radius 2 is 1.55 bits per heavy atom. The fourth-order valence-corrected chi connectivity index (χ4v) is 2.69. The molecule has 0 fully saturated rings. The number of hydrogen-bond acceptors (Lipinski definition) is 3. The number of rotatable bonds is 3. The number of anilines is 1. The Morgan fingerprint density at radius 3 is 2.20 bits per heavy atom. The third-order valence-electron chi connectivity index (χ3n) is 3.83. The lowest BCUT2D eigenvalue weighted by Gasteiger charge is -2.31. The van der Waals surface area contributed by atoms with Crippen molar-refractivity contribution in [2.75, 3.05) is 25.7 Å². The molecule has 0 spiro atoms. The normalized spacial score (nSPS) is 13.8. The molecular formula is C17H19NO2. The van der Waals surface area contributed by atoms with Gasteiger partial charge < -0.3 is 14.4 Å². The second-order valence-corrected chi connectivity index (χ2v) is 5.01. The van der Waals surface area contributed by atoms with Crippen molar-refractivity contribution in [3.8, 4) is 11.5 Å². The maximum Gasteiger partial charge on any atom is 0.124 e. The molecular weight excluding hydrogens is 250 g/mol. The van der Waals surface area contributed by atoms with Crippen LogP contribution in [0.25, 0.3) is 0 Å². The van der Waals surface area contributed by atoms with Crippen LogP contribution in [0.1, 0.15) is 11.1 Å². The highest BCUT2D eigenvalue weighted by Crippen LogP contribution is 2.31. The first kappa shape index (κ1) is 12.9. The summed E-state index contributed by atoms with van der Waals surface area (Å²) in [6.45, 7) is 1.96. The van der Waals surface area contributed by atoms with E-state index in [1.54, 1.807) is 14.2 Å². The van der Waals surface area contributed by atoms with E-state index >= 15 is 0 Å². The molecule has 3 heteroatoms. The quantitative estimate of drug-likeness (QED) is 0.853. The highest BCUT2D eigenvalue weighted by Gasteiger charge is 2.17. The summed E-state index contributed by atoms with van der Waals surface area (Å²) in [4.78, 5) is 2.37. The van der Waals surface area contributed by atoms with Crippen LogP contribution in [0.2, 0.25) is 0 Å². The number of fused-ring (bicyclic) bond motifs is 1. The number of ether oxygens (including phenoxy) is 2. The van der Waals surface area contributed by atoms with Gasteiger partial charge in [0.2, 0.25) is 0 Å². The Hall–Kier alpha value is -2.16. The van der Waals surface area contributed by atoms with E-state index in [0.29, 0.717) is 0 Å². The average molecular weight is 269 g/mol. The summed E-state index contributed by atoms with van der Waals surface area (Å²) in [5, 5.41) is 0. The van der Waals surface area contributed by atoms with Crippen molar-refractivity contribution < 1.29 is 9.47 Å². The van der Waals surface area contributed by atoms with Crippen molar-refractivity contribution in [3.05, 3.63) is 53.6 Å². The number of hydrogen-bond donors (Lipinski definition) is 0. The van der Waals surface area contributed by atoms with Crippen LogP contribution in [0.5, 0.6) is 11.5 Å². The van der Waals surface area contributed by atoms with Crippen molar-refractivity contribution in [2.24, 2.45) is 0 Å². The summed E-state index contributed by atoms with van der Waals surface area (Å²) in [7, 11) is 3.37. The predicted octanol–water partition coefficient (Wildman–Crippen LogP) is 3.27. The van der Waals surface area contributed by atoms with Crippen LogP contribution in [0, 0.1) is 0 Å². The molecule has 0 aliphatic carbocycles. The van der Waals surface area contributed by atoms with E-state index in [9.17, 15) is 0 Å². The molecule has 0 saturated carbocycles. The third-order valence-corrected chi connectivity index (χ3v) is 3.83. The second kappa shape index (κ2) is 5.45. The first-order valence-electron chi connectivity index (χ1n) is 6.85. The largest absolute Gasteiger partial charge is 0.497 e. The summed E-state index contributed by atoms with van der Waals surface area (Å²) in [5.74, 6) is 1.66. The van der Waals surface area contributed by atoms with Crippen molar-refractivity contribution in [1.29, 1.82) is 0 Å². The van der Waals surface area contributed by atoms with E-state index < -0.39 is 0 Å². The molecule has 0 amide bonds. The fraction of sp³-hybridized carbons (Fsp3) is 0.294. The Labute approximate surface area is 119 Å². The van der Waals surface area contributed by atoms with Gasteiger partial charge >= 0.3 is 0 Å². The first-order chi connectivity index (χ1) is 9.80. The monoisotopic (exact) mass is 269 g/mol. The van der Waals surface area contributed by atoms with Gasteiger partial charge in [-0.3, -0.25) is 0 Å². The molecule has 2 aromatic carbocycles. The fourth-order valence-electron chi connectivity index (χ4n) is 2.69. The topological polar surface area (TPSA) is 21.7 Å². The highest BCUT2D eigenvalue weighted by molar-refractivity contribution is 5.57. The van der Waals surface area contributed by atoms with Crippen LogP contribution >= 0.6 is 0 Å². The van der Waals surface area contributed by atoms with E-state index in [0.717, 1.165) is 36.7 Å². The van der Waals surface area contributed by atoms with Crippen molar-refractivity contribution >= 4 is 5.69 Å². The third kappa shape index (κ3) is 2.44. The molecule has 104 valence electrons. The zero-order chi connectivity index (χ0) is 13.9. The maximum atomic E-state index is 5.35. The maximum absolute atomic E-state index is 5.35. The molecule has 3 rings (SSSR count). The minimum atomic E-state index is 0.832. The van der Waals surface area contributed by atoms with E-state index in [-0.39, 0.29) is 0 Å². The predicted molar refractivity (Wildman–Crippen MR) is 80.7 cm³/mol. The Balaban J connectivity index is 1.91. The molecule has 1 heterocycles. The van der Waals surface area contributed by atoms with Gasteiger partial charge in [-0.05, 0) is 17.5 Å². The molecule has 0 bridgehead atoms. The van der Waals surface area contributed by atoms with Crippen LogP contribution in [-0.4, -0.2) is 20.8 Å². The highest BCUT2D eigenvalue weighted by atomic mass is 16.5. The van der Waals surface area contributed by atoms with E-state index in [1.807, 2.05) is 6.07 Å². The van der Waals surface area contributed by atoms with E-state index in [4.69, 9.17) is 9.47 Å². The van der Waals surface area contributed by atoms with Crippen molar-refractivity contribution in [2.45, 2.75) is 13.0 Å². The number of nitrogens with zero attached hydrogens (tertiary/aromatic N) is 1. The number of methoxy groups -OCH3 is 2. The standard InChI is InChI=1S/C17H19NO2/c1-19-16-9-15(10-17(11-16)20-2)18-8-7-13-5-3-4-6-14(13)12-18/h3-6,9-11H,7-8,12H2,1-2H3. The van der Waals surface area contributed by atoms with Crippen LogP contribution in [-0.2, 0) is 13.0 Å². The van der Waals surface area contributed by atoms with Gasteiger partial charge in [-0.25, -0.2) is 0 Å². The van der Waals surface area contributed by atoms with Gasteiger partial charge in [-0.1, -0.05) is 24.3 Å². The molecule has 0 radical (unpaired) electrons. The molecule has 0 unspecified atom stereocenters. The molecule has 2 aromatic rings. The van der Waals surface area contributed by atoms with E-state index in [1.165, 1.54) is 11.1 Å². The van der Waals surface area contributed by atoms with Gasteiger partial charge in [0.1, 0.15) is 11.5 Å². The molecule has 0 aromatic heterocycles. The molecule has 1 aliphatic rings. The molecule has 1 aliphatic heterocycles. The molecule has 0 saturated heterocycles. The summed E-state index contributed by atoms with van der Waals surface area (Å²) in [6, 6.07) is 14.7. The lowest BCUT2D eigenvalue weighted by molar-refractivity contribution is 0.394. The number of benzene rings is 2. The van der Waals surface area contributed by atoms with Crippen LogP contribution in [0.15, 0.2) is 42.5 Å². The zero-order valence-electron chi connectivity index (χ0n) is 11.9. The average Bonchev–Trinajstić information content (AvgIpc) is 2.53. The van der Waals surface area contributed by atoms with E-state index in [2.05, 4.69) is 41.3 Å². The Kier molecular flexibility index (Phi) is 3.50. The van der Waals surface area contributed by atoms with Crippen LogP contribution in [0.3, 0.4) is 0 Å². The lowest BCUT2D eigenvalue weighted by atomic mass is 9.99. The SMILES string of the molecule is COc1cc(OC)cc(N2CCc3ccccc3C2)c1. The molecule has 0 N–H and O–H groups in total. The molecule has 20 heavy (non-hydrogen) atoms. The first-order valence-corrected chi connectivity index (χ1v) is 6.85. The van der Waals surface area contributed by atoms with Gasteiger partial charge in [-0.2, -0.15) is 0 Å². The van der Waals surface area contributed by atoms with Gasteiger partial charge in [-0.15, -0.1) is 0 Å². The lowest BCUT2D eigenvalue weighted by Crippen LogP contribution is -2.30. The van der Waals surface area contributed by atoms with Gasteiger partial charge in [0, 0.05) is 37.0 Å². The Morgan fingerprint density at radius 1 is 0.900 bits per heavy atom. The van der Waals surface area contributed by atoms with Gasteiger partial charge in [0.05, 0.1) is 14.2 Å². The smallest absolute Gasteiger partial charge is 0.124 e. The minimum absolute atomic E-state index is 0.832. The van der Waals surface area contributed by atoms with Crippen LogP contribution in [0.4, 0.5) is 5.69 Å². The van der Waals surface area contributed by atoms with Crippen LogP contribution < -0.4 is 14.4 Å². The van der Waals surface area contributed by atoms with Crippen molar-refractivity contribution in [3.63, 3.8) is 0 Å². The second-order valence-electron chi connectivity index (χ2n) is 5.01. The zero-order valence-corrected chi connectivity index (χ0v) is 11.9. The van der Waals surface area contributed by atoms with Gasteiger partial charge in [0.15, 0.2) is 0 Å². The summed E-state index contributed by atoms with van der Waals surface area (Å²) < 4.78 is 10.7. The van der Waals surface area contributed by atoms with Gasteiger partial charge in [0.25, 0.3) is 0 Å². The summed E-state index contributed by atoms with van der Waals surface area (Å²) >= 11 is 0. The summed E-state index contributed by atoms with van der Waals surface area (Å²) in [5.41, 5.74) is 4.01.